The standard InChI is InChI=1S/C5H8O5/c1-3(6)5(9,10)2-4(7)8/h9-10H,2H2,1H3,(H,7,8). The lowest BCUT2D eigenvalue weighted by Crippen LogP contribution is -2.38. The summed E-state index contributed by atoms with van der Waals surface area (Å²) >= 11 is 0. The molecule has 0 aliphatic rings. The average molecular weight is 148 g/mol. The highest BCUT2D eigenvalue weighted by Gasteiger charge is 2.32. The highest BCUT2D eigenvalue weighted by Crippen LogP contribution is 2.05. The zero-order chi connectivity index (χ0) is 8.36. The van der Waals surface area contributed by atoms with Gasteiger partial charge in [-0.05, 0) is 0 Å². The van der Waals surface area contributed by atoms with Crippen molar-refractivity contribution < 1.29 is 24.9 Å². The number of ketones is 1. The van der Waals surface area contributed by atoms with Gasteiger partial charge in [-0.2, -0.15) is 0 Å². The van der Waals surface area contributed by atoms with E-state index in [1.165, 1.54) is 0 Å². The largest absolute Gasteiger partial charge is 0.481 e. The first kappa shape index (κ1) is 9.06. The van der Waals surface area contributed by atoms with E-state index in [4.69, 9.17) is 15.3 Å². The number of aliphatic hydroxyl groups is 2. The van der Waals surface area contributed by atoms with Crippen molar-refractivity contribution in [3.63, 3.8) is 0 Å². The zero-order valence-electron chi connectivity index (χ0n) is 5.37. The van der Waals surface area contributed by atoms with Gasteiger partial charge in [-0.25, -0.2) is 0 Å². The van der Waals surface area contributed by atoms with E-state index in [9.17, 15) is 9.59 Å². The highest BCUT2D eigenvalue weighted by molar-refractivity contribution is 5.87. The summed E-state index contributed by atoms with van der Waals surface area (Å²) in [5.74, 6) is -5.12. The molecule has 0 aliphatic heterocycles. The zero-order valence-corrected chi connectivity index (χ0v) is 5.37. The smallest absolute Gasteiger partial charge is 0.309 e. The Morgan fingerprint density at radius 3 is 1.90 bits per heavy atom. The fraction of sp³-hybridized carbons (Fsp3) is 0.600. The van der Waals surface area contributed by atoms with Crippen molar-refractivity contribution in [2.75, 3.05) is 0 Å². The Morgan fingerprint density at radius 2 is 1.80 bits per heavy atom. The van der Waals surface area contributed by atoms with Crippen LogP contribution in [0.2, 0.25) is 0 Å². The predicted octanol–water partition coefficient (Wildman–Crippen LogP) is -1.27. The molecular weight excluding hydrogens is 140 g/mol. The fourth-order valence-corrected chi connectivity index (χ4v) is 0.335. The number of aliphatic carboxylic acids is 1. The number of Topliss-reactive ketones (excluding diaryl/α,β-unsaturated/α-hetero) is 1. The number of rotatable bonds is 3. The molecule has 0 bridgehead atoms. The van der Waals surface area contributed by atoms with Gasteiger partial charge in [0.15, 0.2) is 5.78 Å². The summed E-state index contributed by atoms with van der Waals surface area (Å²) in [7, 11) is 0. The van der Waals surface area contributed by atoms with E-state index in [0.29, 0.717) is 0 Å². The maximum Gasteiger partial charge on any atom is 0.309 e. The van der Waals surface area contributed by atoms with Crippen molar-refractivity contribution in [2.24, 2.45) is 0 Å². The molecule has 0 aliphatic carbocycles. The van der Waals surface area contributed by atoms with E-state index >= 15 is 0 Å². The lowest BCUT2D eigenvalue weighted by Gasteiger charge is -2.14. The van der Waals surface area contributed by atoms with E-state index < -0.39 is 24.0 Å². The molecule has 0 amide bonds. The SMILES string of the molecule is CC(=O)C(O)(O)CC(=O)O. The molecule has 58 valence electrons. The molecule has 0 radical (unpaired) electrons. The van der Waals surface area contributed by atoms with E-state index in [0.717, 1.165) is 6.92 Å². The second-order valence-corrected chi connectivity index (χ2v) is 1.94. The Hall–Kier alpha value is -0.940. The minimum atomic E-state index is -2.72. The normalized spacial score (nSPS) is 11.1. The lowest BCUT2D eigenvalue weighted by molar-refractivity contribution is -0.189. The number of carbonyl (C=O) groups is 2. The van der Waals surface area contributed by atoms with Crippen LogP contribution in [0, 0.1) is 0 Å². The lowest BCUT2D eigenvalue weighted by atomic mass is 10.1. The monoisotopic (exact) mass is 148 g/mol. The summed E-state index contributed by atoms with van der Waals surface area (Å²) in [5.41, 5.74) is 0. The van der Waals surface area contributed by atoms with Crippen LogP contribution in [-0.4, -0.2) is 32.9 Å². The summed E-state index contributed by atoms with van der Waals surface area (Å²) in [4.78, 5) is 20.1. The minimum Gasteiger partial charge on any atom is -0.481 e. The van der Waals surface area contributed by atoms with Crippen LogP contribution in [0.5, 0.6) is 0 Å². The predicted molar refractivity (Wildman–Crippen MR) is 30.1 cm³/mol. The van der Waals surface area contributed by atoms with Crippen LogP contribution < -0.4 is 0 Å². The van der Waals surface area contributed by atoms with Crippen LogP contribution in [0.25, 0.3) is 0 Å². The summed E-state index contributed by atoms with van der Waals surface area (Å²) in [6, 6.07) is 0. The Bertz CT molecular complexity index is 159. The van der Waals surface area contributed by atoms with Crippen molar-refractivity contribution in [1.29, 1.82) is 0 Å². The third-order valence-electron chi connectivity index (χ3n) is 0.962. The molecule has 0 saturated heterocycles. The topological polar surface area (TPSA) is 94.8 Å². The summed E-state index contributed by atoms with van der Waals surface area (Å²) in [6.07, 6.45) is -0.984. The van der Waals surface area contributed by atoms with Gasteiger partial charge in [-0.15, -0.1) is 0 Å². The maximum absolute atomic E-state index is 10.2. The van der Waals surface area contributed by atoms with Gasteiger partial charge in [0.1, 0.15) is 6.42 Å². The Kier molecular flexibility index (Phi) is 2.50. The number of carbonyl (C=O) groups excluding carboxylic acids is 1. The second kappa shape index (κ2) is 2.76. The van der Waals surface area contributed by atoms with Gasteiger partial charge < -0.3 is 15.3 Å². The average Bonchev–Trinajstić information content (AvgIpc) is 1.60. The molecule has 5 heteroatoms. The Balaban J connectivity index is 4.13. The van der Waals surface area contributed by atoms with E-state index in [1.54, 1.807) is 0 Å². The quantitative estimate of drug-likeness (QED) is 0.434. The van der Waals surface area contributed by atoms with Crippen molar-refractivity contribution in [1.82, 2.24) is 0 Å². The minimum absolute atomic E-state index is 0.906. The van der Waals surface area contributed by atoms with Crippen molar-refractivity contribution in [2.45, 2.75) is 19.1 Å². The van der Waals surface area contributed by atoms with E-state index in [-0.39, 0.29) is 0 Å². The molecule has 3 N–H and O–H groups in total. The molecule has 0 atom stereocenters. The van der Waals surface area contributed by atoms with Gasteiger partial charge in [-0.1, -0.05) is 0 Å². The highest BCUT2D eigenvalue weighted by atomic mass is 16.5. The van der Waals surface area contributed by atoms with Crippen molar-refractivity contribution >= 4 is 11.8 Å². The first-order chi connectivity index (χ1) is 4.36. The fourth-order valence-electron chi connectivity index (χ4n) is 0.335. The number of carboxylic acids is 1. The van der Waals surface area contributed by atoms with Crippen LogP contribution >= 0.6 is 0 Å². The van der Waals surface area contributed by atoms with Gasteiger partial charge in [-0.3, -0.25) is 9.59 Å². The van der Waals surface area contributed by atoms with Crippen molar-refractivity contribution in [3.8, 4) is 0 Å². The van der Waals surface area contributed by atoms with Gasteiger partial charge in [0, 0.05) is 6.92 Å². The molecule has 0 aromatic rings. The molecule has 0 aromatic carbocycles. The summed E-state index contributed by atoms with van der Waals surface area (Å²) in [6.45, 7) is 0.906. The van der Waals surface area contributed by atoms with Gasteiger partial charge in [0.05, 0.1) is 0 Å². The van der Waals surface area contributed by atoms with Crippen molar-refractivity contribution in [3.05, 3.63) is 0 Å². The molecule has 0 heterocycles. The molecule has 0 rings (SSSR count). The van der Waals surface area contributed by atoms with Crippen LogP contribution in [0.1, 0.15) is 13.3 Å². The van der Waals surface area contributed by atoms with Crippen LogP contribution in [0.3, 0.4) is 0 Å². The molecule has 0 spiro atoms. The Labute approximate surface area is 56.9 Å². The first-order valence-corrected chi connectivity index (χ1v) is 2.54. The van der Waals surface area contributed by atoms with E-state index in [1.807, 2.05) is 0 Å². The maximum atomic E-state index is 10.2. The third-order valence-corrected chi connectivity index (χ3v) is 0.962. The Morgan fingerprint density at radius 1 is 1.40 bits per heavy atom. The molecule has 5 nitrogen and oxygen atoms in total. The number of hydrogen-bond donors (Lipinski definition) is 3. The summed E-state index contributed by atoms with van der Waals surface area (Å²) < 4.78 is 0. The molecule has 0 aromatic heterocycles. The van der Waals surface area contributed by atoms with Crippen LogP contribution in [0.15, 0.2) is 0 Å². The molecule has 0 saturated carbocycles. The van der Waals surface area contributed by atoms with E-state index in [2.05, 4.69) is 0 Å². The number of hydrogen-bond acceptors (Lipinski definition) is 4. The molecular formula is C5H8O5. The first-order valence-electron chi connectivity index (χ1n) is 2.54. The van der Waals surface area contributed by atoms with Gasteiger partial charge >= 0.3 is 5.97 Å². The third kappa shape index (κ3) is 2.56. The second-order valence-electron chi connectivity index (χ2n) is 1.94. The number of carboxylic acid groups (broad SMARTS) is 1. The molecule has 0 unspecified atom stereocenters. The molecule has 0 fully saturated rings. The van der Waals surface area contributed by atoms with Gasteiger partial charge in [0.2, 0.25) is 5.79 Å². The summed E-state index contributed by atoms with van der Waals surface area (Å²) in [5, 5.41) is 25.2. The molecule has 10 heavy (non-hydrogen) atoms. The van der Waals surface area contributed by atoms with Crippen LogP contribution in [0.4, 0.5) is 0 Å². The van der Waals surface area contributed by atoms with Crippen LogP contribution in [-0.2, 0) is 9.59 Å². The van der Waals surface area contributed by atoms with Gasteiger partial charge in [0.25, 0.3) is 0 Å².